The van der Waals surface area contributed by atoms with Crippen LogP contribution < -0.4 is 32.7 Å². The van der Waals surface area contributed by atoms with Gasteiger partial charge < -0.3 is 37.6 Å². The minimum atomic E-state index is -1.13. The number of rotatable bonds is 17. The molecule has 0 aromatic heterocycles. The Morgan fingerprint density at radius 3 is 2.21 bits per heavy atom. The van der Waals surface area contributed by atoms with Gasteiger partial charge in [0.2, 0.25) is 35.4 Å². The second-order valence-corrected chi connectivity index (χ2v) is 13.5. The highest BCUT2D eigenvalue weighted by Crippen LogP contribution is 2.22. The lowest BCUT2D eigenvalue weighted by Crippen LogP contribution is -2.59. The highest BCUT2D eigenvalue weighted by molar-refractivity contribution is 7.98. The van der Waals surface area contributed by atoms with E-state index in [4.69, 9.17) is 11.5 Å². The molecule has 262 valence electrons. The lowest BCUT2D eigenvalue weighted by atomic mass is 9.97. The monoisotopic (exact) mass is 683 g/mol. The number of likely N-dealkylation sites (tertiary alicyclic amines) is 1. The highest BCUT2D eigenvalue weighted by atomic mass is 32.2. The van der Waals surface area contributed by atoms with E-state index in [-0.39, 0.29) is 18.9 Å². The molecule has 5 atom stereocenters. The van der Waals surface area contributed by atoms with Crippen LogP contribution in [0.15, 0.2) is 42.5 Å². The second kappa shape index (κ2) is 18.4. The largest absolute Gasteiger partial charge is 0.368 e. The van der Waals surface area contributed by atoms with E-state index in [1.54, 1.807) is 0 Å². The fourth-order valence-electron chi connectivity index (χ4n) is 5.83. The van der Waals surface area contributed by atoms with Crippen molar-refractivity contribution in [1.82, 2.24) is 26.2 Å². The molecule has 2 aromatic carbocycles. The number of nitrogens with zero attached hydrogens (tertiary/aromatic N) is 1. The SMILES string of the molecule is CSCC[C@H](NC(=O)CN)C(=O)N[C@@H](C)C(=O)N[C@H](Cc1cccc2ccccc12)C(=O)N[C@@H](CC(C)C)C(=O)N1CCC[C@H]1C(N)=O. The van der Waals surface area contributed by atoms with Gasteiger partial charge in [-0.1, -0.05) is 56.3 Å². The average Bonchev–Trinajstić information content (AvgIpc) is 3.56. The molecule has 6 amide bonds. The van der Waals surface area contributed by atoms with Crippen molar-refractivity contribution in [3.8, 4) is 0 Å². The number of carbonyl (C=O) groups is 6. The van der Waals surface area contributed by atoms with Gasteiger partial charge in [-0.3, -0.25) is 28.8 Å². The number of hydrogen-bond acceptors (Lipinski definition) is 8. The number of thioether (sulfide) groups is 1. The molecule has 0 saturated carbocycles. The molecule has 0 aliphatic carbocycles. The van der Waals surface area contributed by atoms with Gasteiger partial charge in [0.05, 0.1) is 6.54 Å². The Morgan fingerprint density at radius 2 is 1.54 bits per heavy atom. The van der Waals surface area contributed by atoms with E-state index in [0.717, 1.165) is 16.3 Å². The van der Waals surface area contributed by atoms with Crippen LogP contribution in [-0.2, 0) is 35.2 Å². The molecule has 48 heavy (non-hydrogen) atoms. The van der Waals surface area contributed by atoms with Crippen LogP contribution in [-0.4, -0.2) is 95.7 Å². The molecule has 8 N–H and O–H groups in total. The Kier molecular flexibility index (Phi) is 14.7. The van der Waals surface area contributed by atoms with Gasteiger partial charge in [0, 0.05) is 13.0 Å². The van der Waals surface area contributed by atoms with E-state index in [9.17, 15) is 28.8 Å². The fourth-order valence-corrected chi connectivity index (χ4v) is 6.30. The number of primary amides is 1. The zero-order chi connectivity index (χ0) is 35.4. The summed E-state index contributed by atoms with van der Waals surface area (Å²) >= 11 is 1.50. The third-order valence-electron chi connectivity index (χ3n) is 8.32. The minimum absolute atomic E-state index is 0.0223. The van der Waals surface area contributed by atoms with Gasteiger partial charge in [-0.05, 0) is 66.9 Å². The Morgan fingerprint density at radius 1 is 0.875 bits per heavy atom. The molecule has 1 aliphatic rings. The number of carbonyl (C=O) groups excluding carboxylic acids is 6. The van der Waals surface area contributed by atoms with Gasteiger partial charge >= 0.3 is 0 Å². The Hall–Kier alpha value is -4.17. The number of hydrogen-bond donors (Lipinski definition) is 6. The van der Waals surface area contributed by atoms with E-state index in [1.165, 1.54) is 23.6 Å². The summed E-state index contributed by atoms with van der Waals surface area (Å²) in [5.74, 6) is -2.65. The summed E-state index contributed by atoms with van der Waals surface area (Å²) < 4.78 is 0. The van der Waals surface area contributed by atoms with Crippen LogP contribution in [0.5, 0.6) is 0 Å². The lowest BCUT2D eigenvalue weighted by Gasteiger charge is -2.30. The summed E-state index contributed by atoms with van der Waals surface area (Å²) in [6, 6.07) is 8.57. The first-order valence-electron chi connectivity index (χ1n) is 16.3. The van der Waals surface area contributed by atoms with Crippen LogP contribution in [0.1, 0.15) is 52.0 Å². The normalized spacial score (nSPS) is 16.9. The molecule has 1 saturated heterocycles. The van der Waals surface area contributed by atoms with Crippen molar-refractivity contribution in [2.75, 3.05) is 25.1 Å². The van der Waals surface area contributed by atoms with Crippen LogP contribution in [0.25, 0.3) is 10.8 Å². The first kappa shape index (κ1) is 38.3. The average molecular weight is 684 g/mol. The second-order valence-electron chi connectivity index (χ2n) is 12.5. The quantitative estimate of drug-likeness (QED) is 0.139. The summed E-state index contributed by atoms with van der Waals surface area (Å²) in [6.07, 6.45) is 3.69. The first-order valence-corrected chi connectivity index (χ1v) is 17.7. The molecule has 0 radical (unpaired) electrons. The maximum absolute atomic E-state index is 14.0. The maximum atomic E-state index is 14.0. The van der Waals surface area contributed by atoms with E-state index in [1.807, 2.05) is 62.6 Å². The number of benzene rings is 2. The summed E-state index contributed by atoms with van der Waals surface area (Å²) in [4.78, 5) is 79.8. The minimum Gasteiger partial charge on any atom is -0.368 e. The fraction of sp³-hybridized carbons (Fsp3) is 0.529. The van der Waals surface area contributed by atoms with Gasteiger partial charge in [-0.15, -0.1) is 0 Å². The third kappa shape index (κ3) is 10.7. The molecule has 13 nitrogen and oxygen atoms in total. The topological polar surface area (TPSA) is 206 Å². The summed E-state index contributed by atoms with van der Waals surface area (Å²) in [6.45, 7) is 5.40. The molecule has 1 heterocycles. The zero-order valence-corrected chi connectivity index (χ0v) is 28.9. The van der Waals surface area contributed by atoms with Crippen molar-refractivity contribution in [3.63, 3.8) is 0 Å². The Bertz CT molecular complexity index is 1470. The summed E-state index contributed by atoms with van der Waals surface area (Å²) in [7, 11) is 0. The molecule has 1 aliphatic heterocycles. The van der Waals surface area contributed by atoms with Crippen LogP contribution in [0.3, 0.4) is 0 Å². The predicted molar refractivity (Wildman–Crippen MR) is 186 cm³/mol. The van der Waals surface area contributed by atoms with Crippen molar-refractivity contribution in [1.29, 1.82) is 0 Å². The molecule has 0 unspecified atom stereocenters. The van der Waals surface area contributed by atoms with Gasteiger partial charge in [0.1, 0.15) is 30.2 Å². The molecular weight excluding hydrogens is 634 g/mol. The van der Waals surface area contributed by atoms with Crippen LogP contribution >= 0.6 is 11.8 Å². The molecule has 0 spiro atoms. The van der Waals surface area contributed by atoms with Crippen molar-refractivity contribution < 1.29 is 28.8 Å². The van der Waals surface area contributed by atoms with E-state index in [0.29, 0.717) is 38.0 Å². The highest BCUT2D eigenvalue weighted by Gasteiger charge is 2.38. The van der Waals surface area contributed by atoms with Crippen LogP contribution in [0, 0.1) is 5.92 Å². The third-order valence-corrected chi connectivity index (χ3v) is 8.97. The number of fused-ring (bicyclic) bond motifs is 1. The van der Waals surface area contributed by atoms with Crippen LogP contribution in [0.2, 0.25) is 0 Å². The number of amides is 6. The van der Waals surface area contributed by atoms with E-state index < -0.39 is 65.7 Å². The van der Waals surface area contributed by atoms with Gasteiger partial charge in [-0.25, -0.2) is 0 Å². The standard InChI is InChI=1S/C34H49N7O6S/c1-20(2)17-27(34(47)41-15-8-13-28(41)30(36)43)40-33(46)26(18-23-11-7-10-22-9-5-6-12-24(22)23)39-31(44)21(3)37-32(45)25(14-16-48-4)38-29(42)19-35/h5-7,9-12,20-21,25-28H,8,13-19,35H2,1-4H3,(H2,36,43)(H,37,45)(H,38,42)(H,39,44)(H,40,46)/t21-,25-,26+,27-,28-/m0/s1. The summed E-state index contributed by atoms with van der Waals surface area (Å²) in [5.41, 5.74) is 11.8. The van der Waals surface area contributed by atoms with Crippen molar-refractivity contribution >= 4 is 58.0 Å². The van der Waals surface area contributed by atoms with E-state index >= 15 is 0 Å². The Balaban J connectivity index is 1.86. The lowest BCUT2D eigenvalue weighted by molar-refractivity contribution is -0.141. The molecule has 2 aromatic rings. The molecule has 0 bridgehead atoms. The van der Waals surface area contributed by atoms with E-state index in [2.05, 4.69) is 21.3 Å². The molecular formula is C34H49N7O6S. The van der Waals surface area contributed by atoms with Gasteiger partial charge in [0.25, 0.3) is 0 Å². The molecule has 3 rings (SSSR count). The first-order chi connectivity index (χ1) is 22.9. The van der Waals surface area contributed by atoms with Crippen LogP contribution in [0.4, 0.5) is 0 Å². The van der Waals surface area contributed by atoms with Crippen molar-refractivity contribution in [3.05, 3.63) is 48.0 Å². The maximum Gasteiger partial charge on any atom is 0.245 e. The predicted octanol–water partition coefficient (Wildman–Crippen LogP) is 0.576. The summed E-state index contributed by atoms with van der Waals surface area (Å²) in [5, 5.41) is 12.7. The zero-order valence-electron chi connectivity index (χ0n) is 28.1. The number of nitrogens with one attached hydrogen (secondary N) is 4. The van der Waals surface area contributed by atoms with Gasteiger partial charge in [-0.2, -0.15) is 11.8 Å². The number of nitrogens with two attached hydrogens (primary N) is 2. The van der Waals surface area contributed by atoms with Crippen molar-refractivity contribution in [2.24, 2.45) is 17.4 Å². The smallest absolute Gasteiger partial charge is 0.245 e. The van der Waals surface area contributed by atoms with Crippen molar-refractivity contribution in [2.45, 2.75) is 83.1 Å². The molecule has 1 fully saturated rings. The Labute approximate surface area is 286 Å². The molecule has 14 heteroatoms. The van der Waals surface area contributed by atoms with Gasteiger partial charge in [0.15, 0.2) is 0 Å².